The van der Waals surface area contributed by atoms with Gasteiger partial charge in [0.05, 0.1) is 11.0 Å². The number of imidazole rings is 1. The van der Waals surface area contributed by atoms with Crippen LogP contribution in [0.2, 0.25) is 0 Å². The number of nitrogens with one attached hydrogen (secondary N) is 1. The SMILES string of the molecule is CCN(CC)C(=O)c1nc2ccccc2[nH]1. The highest BCUT2D eigenvalue weighted by molar-refractivity contribution is 5.94. The van der Waals surface area contributed by atoms with Crippen LogP contribution in [0.3, 0.4) is 0 Å². The Bertz CT molecular complexity index is 467. The highest BCUT2D eigenvalue weighted by atomic mass is 16.2. The maximum absolute atomic E-state index is 12.0. The lowest BCUT2D eigenvalue weighted by atomic mass is 10.3. The second-order valence-electron chi connectivity index (χ2n) is 3.58. The summed E-state index contributed by atoms with van der Waals surface area (Å²) in [4.78, 5) is 21.1. The van der Waals surface area contributed by atoms with Gasteiger partial charge in [0.15, 0.2) is 5.82 Å². The average Bonchev–Trinajstić information content (AvgIpc) is 2.74. The van der Waals surface area contributed by atoms with Gasteiger partial charge in [0.2, 0.25) is 0 Å². The van der Waals surface area contributed by atoms with Crippen molar-refractivity contribution in [2.75, 3.05) is 13.1 Å². The molecule has 0 fully saturated rings. The summed E-state index contributed by atoms with van der Waals surface area (Å²) in [6.45, 7) is 5.33. The standard InChI is InChI=1S/C12H15N3O/c1-3-15(4-2)12(16)11-13-9-7-5-6-8-10(9)14-11/h5-8H,3-4H2,1-2H3,(H,13,14). The fourth-order valence-electron chi connectivity index (χ4n) is 1.71. The van der Waals surface area contributed by atoms with Gasteiger partial charge in [-0.15, -0.1) is 0 Å². The normalized spacial score (nSPS) is 10.6. The Morgan fingerprint density at radius 1 is 1.31 bits per heavy atom. The van der Waals surface area contributed by atoms with Crippen LogP contribution in [-0.4, -0.2) is 33.9 Å². The second-order valence-corrected chi connectivity index (χ2v) is 3.58. The molecule has 1 amide bonds. The zero-order valence-electron chi connectivity index (χ0n) is 9.53. The minimum Gasteiger partial charge on any atom is -0.337 e. The number of carbonyl (C=O) groups is 1. The Hall–Kier alpha value is -1.84. The van der Waals surface area contributed by atoms with Crippen molar-refractivity contribution in [1.29, 1.82) is 0 Å². The third-order valence-corrected chi connectivity index (χ3v) is 2.64. The van der Waals surface area contributed by atoms with Gasteiger partial charge in [-0.1, -0.05) is 12.1 Å². The van der Waals surface area contributed by atoms with E-state index in [1.807, 2.05) is 38.1 Å². The molecule has 1 heterocycles. The molecule has 0 atom stereocenters. The molecule has 0 unspecified atom stereocenters. The van der Waals surface area contributed by atoms with Gasteiger partial charge in [-0.3, -0.25) is 4.79 Å². The maximum Gasteiger partial charge on any atom is 0.289 e. The van der Waals surface area contributed by atoms with Crippen LogP contribution in [0.25, 0.3) is 11.0 Å². The number of carbonyl (C=O) groups excluding carboxylic acids is 1. The van der Waals surface area contributed by atoms with E-state index in [2.05, 4.69) is 9.97 Å². The van der Waals surface area contributed by atoms with E-state index in [-0.39, 0.29) is 5.91 Å². The Labute approximate surface area is 94.3 Å². The number of aromatic amines is 1. The number of hydrogen-bond donors (Lipinski definition) is 1. The second kappa shape index (κ2) is 4.35. The zero-order chi connectivity index (χ0) is 11.5. The number of nitrogens with zero attached hydrogens (tertiary/aromatic N) is 2. The number of amides is 1. The van der Waals surface area contributed by atoms with E-state index >= 15 is 0 Å². The fourth-order valence-corrected chi connectivity index (χ4v) is 1.71. The summed E-state index contributed by atoms with van der Waals surface area (Å²) < 4.78 is 0. The molecule has 0 bridgehead atoms. The minimum absolute atomic E-state index is 0.0406. The number of rotatable bonds is 3. The monoisotopic (exact) mass is 217 g/mol. The number of fused-ring (bicyclic) bond motifs is 1. The van der Waals surface area contributed by atoms with Crippen molar-refractivity contribution in [2.45, 2.75) is 13.8 Å². The molecule has 0 radical (unpaired) electrons. The van der Waals surface area contributed by atoms with Crippen LogP contribution in [0.4, 0.5) is 0 Å². The molecule has 0 saturated carbocycles. The number of para-hydroxylation sites is 2. The van der Waals surface area contributed by atoms with E-state index in [0.717, 1.165) is 11.0 Å². The summed E-state index contributed by atoms with van der Waals surface area (Å²) in [5, 5.41) is 0. The molecule has 2 rings (SSSR count). The first-order chi connectivity index (χ1) is 7.76. The molecule has 1 aromatic heterocycles. The molecular weight excluding hydrogens is 202 g/mol. The average molecular weight is 217 g/mol. The predicted molar refractivity (Wildman–Crippen MR) is 63.3 cm³/mol. The van der Waals surface area contributed by atoms with Gasteiger partial charge in [0.25, 0.3) is 5.91 Å². The van der Waals surface area contributed by atoms with E-state index < -0.39 is 0 Å². The van der Waals surface area contributed by atoms with Crippen LogP contribution in [0.15, 0.2) is 24.3 Å². The van der Waals surface area contributed by atoms with Crippen molar-refractivity contribution in [1.82, 2.24) is 14.9 Å². The van der Waals surface area contributed by atoms with Gasteiger partial charge >= 0.3 is 0 Å². The molecule has 1 aromatic carbocycles. The molecule has 0 aliphatic heterocycles. The van der Waals surface area contributed by atoms with Gasteiger partial charge in [-0.2, -0.15) is 0 Å². The zero-order valence-corrected chi connectivity index (χ0v) is 9.53. The van der Waals surface area contributed by atoms with Gasteiger partial charge in [0, 0.05) is 13.1 Å². The van der Waals surface area contributed by atoms with Crippen molar-refractivity contribution >= 4 is 16.9 Å². The molecule has 4 heteroatoms. The van der Waals surface area contributed by atoms with Crippen LogP contribution < -0.4 is 0 Å². The van der Waals surface area contributed by atoms with Crippen molar-refractivity contribution in [2.24, 2.45) is 0 Å². The van der Waals surface area contributed by atoms with Gasteiger partial charge in [-0.05, 0) is 26.0 Å². The van der Waals surface area contributed by atoms with Crippen LogP contribution in [0, 0.1) is 0 Å². The Morgan fingerprint density at radius 3 is 2.62 bits per heavy atom. The third-order valence-electron chi connectivity index (χ3n) is 2.64. The topological polar surface area (TPSA) is 49.0 Å². The Balaban J connectivity index is 2.36. The van der Waals surface area contributed by atoms with Crippen molar-refractivity contribution in [3.8, 4) is 0 Å². The number of benzene rings is 1. The first kappa shape index (κ1) is 10.7. The van der Waals surface area contributed by atoms with Gasteiger partial charge in [0.1, 0.15) is 0 Å². The minimum atomic E-state index is -0.0406. The van der Waals surface area contributed by atoms with Crippen molar-refractivity contribution < 1.29 is 4.79 Å². The summed E-state index contributed by atoms with van der Waals surface area (Å²) in [6, 6.07) is 7.65. The quantitative estimate of drug-likeness (QED) is 0.855. The summed E-state index contributed by atoms with van der Waals surface area (Å²) in [5.41, 5.74) is 1.73. The molecule has 0 saturated heterocycles. The first-order valence-corrected chi connectivity index (χ1v) is 5.50. The molecular formula is C12H15N3O. The van der Waals surface area contributed by atoms with E-state index in [0.29, 0.717) is 18.9 Å². The lowest BCUT2D eigenvalue weighted by Gasteiger charge is -2.16. The molecule has 16 heavy (non-hydrogen) atoms. The van der Waals surface area contributed by atoms with Crippen LogP contribution in [0.5, 0.6) is 0 Å². The van der Waals surface area contributed by atoms with Crippen LogP contribution in [0.1, 0.15) is 24.5 Å². The first-order valence-electron chi connectivity index (χ1n) is 5.50. The highest BCUT2D eigenvalue weighted by Crippen LogP contribution is 2.11. The fraction of sp³-hybridized carbons (Fsp3) is 0.333. The van der Waals surface area contributed by atoms with Crippen molar-refractivity contribution in [3.63, 3.8) is 0 Å². The van der Waals surface area contributed by atoms with E-state index in [9.17, 15) is 4.79 Å². The molecule has 84 valence electrons. The predicted octanol–water partition coefficient (Wildman–Crippen LogP) is 2.04. The largest absolute Gasteiger partial charge is 0.337 e. The molecule has 0 aliphatic carbocycles. The molecule has 2 aromatic rings. The number of H-pyrrole nitrogens is 1. The molecule has 0 aliphatic rings. The lowest BCUT2D eigenvalue weighted by molar-refractivity contribution is 0.0762. The van der Waals surface area contributed by atoms with Gasteiger partial charge in [-0.25, -0.2) is 4.98 Å². The summed E-state index contributed by atoms with van der Waals surface area (Å²) in [7, 11) is 0. The van der Waals surface area contributed by atoms with Crippen molar-refractivity contribution in [3.05, 3.63) is 30.1 Å². The molecule has 4 nitrogen and oxygen atoms in total. The van der Waals surface area contributed by atoms with Gasteiger partial charge < -0.3 is 9.88 Å². The molecule has 0 spiro atoms. The highest BCUT2D eigenvalue weighted by Gasteiger charge is 2.16. The van der Waals surface area contributed by atoms with E-state index in [1.165, 1.54) is 0 Å². The summed E-state index contributed by atoms with van der Waals surface area (Å²) in [6.07, 6.45) is 0. The lowest BCUT2D eigenvalue weighted by Crippen LogP contribution is -2.31. The van der Waals surface area contributed by atoms with E-state index in [4.69, 9.17) is 0 Å². The molecule has 1 N–H and O–H groups in total. The number of aromatic nitrogens is 2. The number of hydrogen-bond acceptors (Lipinski definition) is 2. The Kier molecular flexibility index (Phi) is 2.90. The smallest absolute Gasteiger partial charge is 0.289 e. The Morgan fingerprint density at radius 2 is 2.00 bits per heavy atom. The third kappa shape index (κ3) is 1.78. The summed E-state index contributed by atoms with van der Waals surface area (Å²) >= 11 is 0. The summed E-state index contributed by atoms with van der Waals surface area (Å²) in [5.74, 6) is 0.381. The van der Waals surface area contributed by atoms with Crippen LogP contribution >= 0.6 is 0 Å². The van der Waals surface area contributed by atoms with Crippen LogP contribution in [-0.2, 0) is 0 Å². The maximum atomic E-state index is 12.0. The van der Waals surface area contributed by atoms with E-state index in [1.54, 1.807) is 4.90 Å².